The van der Waals surface area contributed by atoms with Gasteiger partial charge in [0, 0.05) is 42.9 Å². The highest BCUT2D eigenvalue weighted by molar-refractivity contribution is 5.80. The maximum absolute atomic E-state index is 6.10. The van der Waals surface area contributed by atoms with E-state index in [-0.39, 0.29) is 0 Å². The van der Waals surface area contributed by atoms with Gasteiger partial charge in [-0.15, -0.1) is 0 Å². The van der Waals surface area contributed by atoms with Gasteiger partial charge in [-0.2, -0.15) is 5.10 Å². The topological polar surface area (TPSA) is 63.5 Å². The van der Waals surface area contributed by atoms with Crippen molar-refractivity contribution in [1.29, 1.82) is 0 Å². The van der Waals surface area contributed by atoms with Crippen LogP contribution in [0.3, 0.4) is 0 Å². The lowest BCUT2D eigenvalue weighted by molar-refractivity contribution is -0.145. The summed E-state index contributed by atoms with van der Waals surface area (Å²) in [5, 5.41) is 11.7. The zero-order valence-corrected chi connectivity index (χ0v) is 17.8. The Balaban J connectivity index is 1.71. The van der Waals surface area contributed by atoms with Crippen LogP contribution in [0.1, 0.15) is 69.3 Å². The summed E-state index contributed by atoms with van der Waals surface area (Å²) in [6.07, 6.45) is 8.05. The number of aryl methyl sites for hydroxylation is 2. The number of nitrogens with one attached hydrogen (secondary N) is 2. The van der Waals surface area contributed by atoms with Crippen LogP contribution in [0.4, 0.5) is 0 Å². The molecule has 2 unspecified atom stereocenters. The third kappa shape index (κ3) is 4.00. The third-order valence-corrected chi connectivity index (χ3v) is 6.65. The molecule has 1 spiro atoms. The number of hydrogen-bond acceptors (Lipinski definition) is 3. The second-order valence-electron chi connectivity index (χ2n) is 8.14. The SMILES string of the molecule is CCNC(=NCc1c(C)nn(C)c1C)NC1CC(OCC)C12CCCCC2. The van der Waals surface area contributed by atoms with Gasteiger partial charge in [0.05, 0.1) is 18.3 Å². The summed E-state index contributed by atoms with van der Waals surface area (Å²) in [7, 11) is 1.99. The van der Waals surface area contributed by atoms with Crippen molar-refractivity contribution in [2.24, 2.45) is 17.5 Å². The standard InChI is InChI=1S/C21H37N5O/c1-6-22-20(23-14-17-15(3)25-26(5)16(17)4)24-18-13-19(27-7-2)21(18)11-9-8-10-12-21/h18-19H,6-14H2,1-5H3,(H2,22,23,24). The van der Waals surface area contributed by atoms with Crippen LogP contribution >= 0.6 is 0 Å². The van der Waals surface area contributed by atoms with Crippen LogP contribution in [0.15, 0.2) is 4.99 Å². The van der Waals surface area contributed by atoms with E-state index in [0.29, 0.717) is 24.1 Å². The number of guanidine groups is 1. The zero-order chi connectivity index (χ0) is 19.4. The Kier molecular flexibility index (Phi) is 6.45. The quantitative estimate of drug-likeness (QED) is 0.592. The number of hydrogen-bond donors (Lipinski definition) is 2. The lowest BCUT2D eigenvalue weighted by Crippen LogP contribution is -2.66. The van der Waals surface area contributed by atoms with Crippen molar-refractivity contribution in [3.63, 3.8) is 0 Å². The average Bonchev–Trinajstić information content (AvgIpc) is 2.91. The van der Waals surface area contributed by atoms with E-state index < -0.39 is 0 Å². The van der Waals surface area contributed by atoms with Gasteiger partial charge in [-0.1, -0.05) is 19.3 Å². The van der Waals surface area contributed by atoms with Crippen molar-refractivity contribution in [3.05, 3.63) is 17.0 Å². The second-order valence-corrected chi connectivity index (χ2v) is 8.14. The van der Waals surface area contributed by atoms with Crippen molar-refractivity contribution in [2.45, 2.75) is 84.9 Å². The molecule has 3 rings (SSSR count). The Morgan fingerprint density at radius 2 is 2.00 bits per heavy atom. The number of nitrogens with zero attached hydrogens (tertiary/aromatic N) is 3. The number of ether oxygens (including phenoxy) is 1. The largest absolute Gasteiger partial charge is 0.378 e. The van der Waals surface area contributed by atoms with Gasteiger partial charge in [-0.25, -0.2) is 4.99 Å². The average molecular weight is 376 g/mol. The van der Waals surface area contributed by atoms with E-state index in [1.165, 1.54) is 43.4 Å². The molecule has 1 heterocycles. The van der Waals surface area contributed by atoms with E-state index in [2.05, 4.69) is 43.4 Å². The van der Waals surface area contributed by atoms with Crippen LogP contribution in [0.25, 0.3) is 0 Å². The monoisotopic (exact) mass is 375 g/mol. The molecule has 0 aliphatic heterocycles. The maximum atomic E-state index is 6.10. The molecule has 152 valence electrons. The summed E-state index contributed by atoms with van der Waals surface area (Å²) < 4.78 is 8.04. The lowest BCUT2D eigenvalue weighted by Gasteiger charge is -2.58. The Bertz CT molecular complexity index is 660. The first kappa shape index (κ1) is 20.2. The molecular formula is C21H37N5O. The van der Waals surface area contributed by atoms with Crippen LogP contribution in [-0.4, -0.2) is 41.0 Å². The van der Waals surface area contributed by atoms with Crippen molar-refractivity contribution >= 4 is 5.96 Å². The van der Waals surface area contributed by atoms with Gasteiger partial charge in [-0.3, -0.25) is 4.68 Å². The first-order chi connectivity index (χ1) is 13.0. The molecule has 6 heteroatoms. The Morgan fingerprint density at radius 1 is 1.26 bits per heavy atom. The van der Waals surface area contributed by atoms with E-state index >= 15 is 0 Å². The third-order valence-electron chi connectivity index (χ3n) is 6.65. The predicted molar refractivity (Wildman–Crippen MR) is 110 cm³/mol. The van der Waals surface area contributed by atoms with Crippen molar-refractivity contribution in [2.75, 3.05) is 13.2 Å². The minimum absolute atomic E-state index is 0.296. The zero-order valence-electron chi connectivity index (χ0n) is 17.8. The van der Waals surface area contributed by atoms with Crippen molar-refractivity contribution in [3.8, 4) is 0 Å². The van der Waals surface area contributed by atoms with Gasteiger partial charge in [0.15, 0.2) is 5.96 Å². The van der Waals surface area contributed by atoms with E-state index in [9.17, 15) is 0 Å². The molecule has 27 heavy (non-hydrogen) atoms. The Hall–Kier alpha value is -1.56. The minimum atomic E-state index is 0.296. The van der Waals surface area contributed by atoms with E-state index in [4.69, 9.17) is 9.73 Å². The van der Waals surface area contributed by atoms with Gasteiger partial charge in [0.1, 0.15) is 0 Å². The Labute approximate surface area is 164 Å². The van der Waals surface area contributed by atoms with Crippen molar-refractivity contribution in [1.82, 2.24) is 20.4 Å². The minimum Gasteiger partial charge on any atom is -0.378 e. The smallest absolute Gasteiger partial charge is 0.191 e. The van der Waals surface area contributed by atoms with Crippen LogP contribution in [0, 0.1) is 19.3 Å². The molecule has 0 amide bonds. The van der Waals surface area contributed by atoms with Crippen LogP contribution in [-0.2, 0) is 18.3 Å². The molecule has 0 aromatic carbocycles. The first-order valence-electron chi connectivity index (χ1n) is 10.7. The number of aromatic nitrogens is 2. The molecular weight excluding hydrogens is 338 g/mol. The molecule has 0 radical (unpaired) electrons. The van der Waals surface area contributed by atoms with Gasteiger partial charge >= 0.3 is 0 Å². The van der Waals surface area contributed by atoms with Gasteiger partial charge in [0.25, 0.3) is 0 Å². The van der Waals surface area contributed by atoms with E-state index in [0.717, 1.165) is 31.2 Å². The fourth-order valence-electron chi connectivity index (χ4n) is 4.96. The van der Waals surface area contributed by atoms with Crippen LogP contribution in [0.2, 0.25) is 0 Å². The van der Waals surface area contributed by atoms with Gasteiger partial charge < -0.3 is 15.4 Å². The van der Waals surface area contributed by atoms with Crippen LogP contribution in [0.5, 0.6) is 0 Å². The molecule has 0 saturated heterocycles. The summed E-state index contributed by atoms with van der Waals surface area (Å²) in [4.78, 5) is 4.89. The highest BCUT2D eigenvalue weighted by Crippen LogP contribution is 2.53. The molecule has 2 aliphatic rings. The first-order valence-corrected chi connectivity index (χ1v) is 10.7. The van der Waals surface area contributed by atoms with Crippen molar-refractivity contribution < 1.29 is 4.74 Å². The van der Waals surface area contributed by atoms with Gasteiger partial charge in [0.2, 0.25) is 0 Å². The molecule has 1 aromatic heterocycles. The molecule has 2 saturated carbocycles. The predicted octanol–water partition coefficient (Wildman–Crippen LogP) is 3.22. The summed E-state index contributed by atoms with van der Waals surface area (Å²) >= 11 is 0. The molecule has 1 aromatic rings. The summed E-state index contributed by atoms with van der Waals surface area (Å²) in [5.41, 5.74) is 3.78. The number of rotatable bonds is 6. The lowest BCUT2D eigenvalue weighted by atomic mass is 9.55. The normalized spacial score (nSPS) is 24.7. The highest BCUT2D eigenvalue weighted by atomic mass is 16.5. The molecule has 6 nitrogen and oxygen atoms in total. The highest BCUT2D eigenvalue weighted by Gasteiger charge is 2.55. The summed E-state index contributed by atoms with van der Waals surface area (Å²) in [6, 6.07) is 0.461. The maximum Gasteiger partial charge on any atom is 0.191 e. The molecule has 2 aliphatic carbocycles. The molecule has 2 atom stereocenters. The fourth-order valence-corrected chi connectivity index (χ4v) is 4.96. The summed E-state index contributed by atoms with van der Waals surface area (Å²) in [6.45, 7) is 10.8. The fraction of sp³-hybridized carbons (Fsp3) is 0.810. The second kappa shape index (κ2) is 8.63. The van der Waals surface area contributed by atoms with E-state index in [1.807, 2.05) is 11.7 Å². The molecule has 2 fully saturated rings. The number of aliphatic imine (C=N–C) groups is 1. The molecule has 0 bridgehead atoms. The molecule has 2 N–H and O–H groups in total. The van der Waals surface area contributed by atoms with Gasteiger partial charge in [-0.05, 0) is 47.0 Å². The van der Waals surface area contributed by atoms with E-state index in [1.54, 1.807) is 0 Å². The summed E-state index contributed by atoms with van der Waals surface area (Å²) in [5.74, 6) is 0.921. The Morgan fingerprint density at radius 3 is 2.59 bits per heavy atom. The van der Waals surface area contributed by atoms with Crippen LogP contribution < -0.4 is 10.6 Å².